The van der Waals surface area contributed by atoms with Crippen LogP contribution in [0.5, 0.6) is 0 Å². The van der Waals surface area contributed by atoms with E-state index in [1.807, 2.05) is 12.1 Å². The minimum Gasteiger partial charge on any atom is -0.381 e. The number of nitrogens with zero attached hydrogens (tertiary/aromatic N) is 2. The van der Waals surface area contributed by atoms with Gasteiger partial charge in [0.1, 0.15) is 0 Å². The van der Waals surface area contributed by atoms with Crippen molar-refractivity contribution < 1.29 is 0 Å². The van der Waals surface area contributed by atoms with Gasteiger partial charge in [0.2, 0.25) is 0 Å². The molecule has 1 aromatic carbocycles. The summed E-state index contributed by atoms with van der Waals surface area (Å²) >= 11 is 6.16. The molecule has 1 aliphatic rings. The van der Waals surface area contributed by atoms with E-state index in [9.17, 15) is 0 Å². The molecule has 1 atom stereocenters. The molecule has 0 amide bonds. The minimum atomic E-state index is 0.473. The molecule has 1 saturated heterocycles. The maximum atomic E-state index is 6.16. The minimum absolute atomic E-state index is 0.473. The van der Waals surface area contributed by atoms with Crippen LogP contribution in [0.4, 0.5) is 11.4 Å². The predicted molar refractivity (Wildman–Crippen MR) is 93.7 cm³/mol. The van der Waals surface area contributed by atoms with Gasteiger partial charge in [0.15, 0.2) is 0 Å². The maximum absolute atomic E-state index is 6.16. The molecule has 0 aromatic heterocycles. The molecule has 1 fully saturated rings. The smallest absolute Gasteiger partial charge is 0.0597 e. The molecule has 2 rings (SSSR count). The molecule has 1 unspecified atom stereocenters. The van der Waals surface area contributed by atoms with Crippen molar-refractivity contribution in [1.29, 1.82) is 0 Å². The van der Waals surface area contributed by atoms with Crippen LogP contribution < -0.4 is 10.2 Å². The van der Waals surface area contributed by atoms with E-state index in [1.54, 1.807) is 0 Å². The summed E-state index contributed by atoms with van der Waals surface area (Å²) in [7, 11) is 4.14. The highest BCUT2D eigenvalue weighted by atomic mass is 35.5. The summed E-state index contributed by atoms with van der Waals surface area (Å²) in [5.74, 6) is 0.738. The molecule has 118 valence electrons. The van der Waals surface area contributed by atoms with E-state index in [2.05, 4.69) is 49.1 Å². The number of piperidine rings is 1. The van der Waals surface area contributed by atoms with Crippen molar-refractivity contribution in [3.63, 3.8) is 0 Å². The second-order valence-electron chi connectivity index (χ2n) is 6.26. The molecule has 0 aliphatic carbocycles. The zero-order valence-corrected chi connectivity index (χ0v) is 14.5. The first-order valence-corrected chi connectivity index (χ1v) is 8.34. The lowest BCUT2D eigenvalue weighted by atomic mass is 9.90. The Kier molecular flexibility index (Phi) is 5.77. The summed E-state index contributed by atoms with van der Waals surface area (Å²) in [6.45, 7) is 8.17. The predicted octanol–water partition coefficient (Wildman–Crippen LogP) is 3.94. The first kappa shape index (κ1) is 16.4. The van der Waals surface area contributed by atoms with E-state index >= 15 is 0 Å². The largest absolute Gasteiger partial charge is 0.381 e. The van der Waals surface area contributed by atoms with Crippen LogP contribution in [-0.4, -0.2) is 44.7 Å². The highest BCUT2D eigenvalue weighted by molar-refractivity contribution is 6.31. The van der Waals surface area contributed by atoms with Crippen LogP contribution in [0.3, 0.4) is 0 Å². The number of hydrogen-bond acceptors (Lipinski definition) is 3. The second-order valence-corrected chi connectivity index (χ2v) is 6.70. The van der Waals surface area contributed by atoms with Gasteiger partial charge in [-0.3, -0.25) is 0 Å². The molecule has 3 nitrogen and oxygen atoms in total. The van der Waals surface area contributed by atoms with Crippen LogP contribution in [0, 0.1) is 5.92 Å². The topological polar surface area (TPSA) is 18.5 Å². The molecule has 1 N–H and O–H groups in total. The van der Waals surface area contributed by atoms with E-state index in [1.165, 1.54) is 38.2 Å². The molecule has 1 aliphatic heterocycles. The fraction of sp³-hybridized carbons (Fsp3) is 0.647. The Hall–Kier alpha value is -0.930. The van der Waals surface area contributed by atoms with Gasteiger partial charge in [0.05, 0.1) is 11.4 Å². The molecular formula is C17H28ClN3. The normalized spacial score (nSPS) is 18.5. The van der Waals surface area contributed by atoms with Gasteiger partial charge in [0.25, 0.3) is 0 Å². The van der Waals surface area contributed by atoms with Crippen molar-refractivity contribution in [2.75, 3.05) is 43.9 Å². The number of halogens is 1. The Morgan fingerprint density at radius 2 is 2.00 bits per heavy atom. The Balaban J connectivity index is 2.02. The molecule has 0 radical (unpaired) electrons. The van der Waals surface area contributed by atoms with E-state index in [-0.39, 0.29) is 0 Å². The van der Waals surface area contributed by atoms with E-state index < -0.39 is 0 Å². The first-order chi connectivity index (χ1) is 10.0. The summed E-state index contributed by atoms with van der Waals surface area (Å²) in [5.41, 5.74) is 2.33. The Morgan fingerprint density at radius 1 is 1.33 bits per heavy atom. The van der Waals surface area contributed by atoms with Gasteiger partial charge in [-0.15, -0.1) is 0 Å². The summed E-state index contributed by atoms with van der Waals surface area (Å²) in [5, 5.41) is 4.48. The third-order valence-corrected chi connectivity index (χ3v) is 4.85. The van der Waals surface area contributed by atoms with E-state index in [0.717, 1.165) is 16.6 Å². The van der Waals surface area contributed by atoms with Gasteiger partial charge in [0, 0.05) is 25.2 Å². The zero-order chi connectivity index (χ0) is 15.4. The number of hydrogen-bond donors (Lipinski definition) is 1. The lowest BCUT2D eigenvalue weighted by molar-refractivity contribution is 0.183. The van der Waals surface area contributed by atoms with Crippen LogP contribution in [0.15, 0.2) is 18.2 Å². The number of rotatable bonds is 5. The molecule has 0 spiro atoms. The number of nitrogens with one attached hydrogen (secondary N) is 1. The van der Waals surface area contributed by atoms with Gasteiger partial charge in [-0.1, -0.05) is 18.5 Å². The van der Waals surface area contributed by atoms with E-state index in [0.29, 0.717) is 6.04 Å². The lowest BCUT2D eigenvalue weighted by Gasteiger charge is -2.35. The zero-order valence-electron chi connectivity index (χ0n) is 13.7. The number of anilines is 2. The molecule has 0 saturated carbocycles. The Labute approximate surface area is 134 Å². The average Bonchev–Trinajstić information content (AvgIpc) is 2.47. The van der Waals surface area contributed by atoms with Crippen molar-refractivity contribution in [2.24, 2.45) is 5.92 Å². The summed E-state index contributed by atoms with van der Waals surface area (Å²) < 4.78 is 0. The monoisotopic (exact) mass is 309 g/mol. The SMILES string of the molecule is CCN1CCC(C(C)Nc2cc(Cl)ccc2N(C)C)CC1. The lowest BCUT2D eigenvalue weighted by Crippen LogP contribution is -2.39. The highest BCUT2D eigenvalue weighted by Gasteiger charge is 2.23. The fourth-order valence-corrected chi connectivity index (χ4v) is 3.32. The van der Waals surface area contributed by atoms with Crippen LogP contribution in [0.2, 0.25) is 5.02 Å². The van der Waals surface area contributed by atoms with Gasteiger partial charge >= 0.3 is 0 Å². The van der Waals surface area contributed by atoms with Crippen LogP contribution in [0.1, 0.15) is 26.7 Å². The quantitative estimate of drug-likeness (QED) is 0.889. The van der Waals surface area contributed by atoms with Crippen molar-refractivity contribution in [3.8, 4) is 0 Å². The maximum Gasteiger partial charge on any atom is 0.0597 e. The van der Waals surface area contributed by atoms with Gasteiger partial charge in [-0.2, -0.15) is 0 Å². The van der Waals surface area contributed by atoms with E-state index in [4.69, 9.17) is 11.6 Å². The van der Waals surface area contributed by atoms with Crippen molar-refractivity contribution in [2.45, 2.75) is 32.7 Å². The summed E-state index contributed by atoms with van der Waals surface area (Å²) in [6.07, 6.45) is 2.56. The first-order valence-electron chi connectivity index (χ1n) is 7.97. The molecule has 1 heterocycles. The average molecular weight is 310 g/mol. The van der Waals surface area contributed by atoms with Crippen molar-refractivity contribution in [3.05, 3.63) is 23.2 Å². The Bertz CT molecular complexity index is 453. The summed E-state index contributed by atoms with van der Waals surface area (Å²) in [6, 6.07) is 6.54. The van der Waals surface area contributed by atoms with Crippen molar-refractivity contribution >= 4 is 23.0 Å². The number of benzene rings is 1. The van der Waals surface area contributed by atoms with Crippen LogP contribution in [0.25, 0.3) is 0 Å². The molecule has 21 heavy (non-hydrogen) atoms. The van der Waals surface area contributed by atoms with Crippen molar-refractivity contribution in [1.82, 2.24) is 4.90 Å². The summed E-state index contributed by atoms with van der Waals surface area (Å²) in [4.78, 5) is 4.67. The number of likely N-dealkylation sites (tertiary alicyclic amines) is 1. The van der Waals surface area contributed by atoms with Gasteiger partial charge in [-0.05, 0) is 63.5 Å². The van der Waals surface area contributed by atoms with Crippen LogP contribution >= 0.6 is 11.6 Å². The fourth-order valence-electron chi connectivity index (χ4n) is 3.15. The third-order valence-electron chi connectivity index (χ3n) is 4.61. The Morgan fingerprint density at radius 3 is 2.57 bits per heavy atom. The highest BCUT2D eigenvalue weighted by Crippen LogP contribution is 2.30. The molecule has 0 bridgehead atoms. The van der Waals surface area contributed by atoms with Gasteiger partial charge in [-0.25, -0.2) is 0 Å². The second kappa shape index (κ2) is 7.37. The standard InChI is InChI=1S/C17H28ClN3/c1-5-21-10-8-14(9-11-21)13(2)19-16-12-15(18)6-7-17(16)20(3)4/h6-7,12-14,19H,5,8-11H2,1-4H3. The van der Waals surface area contributed by atoms with Crippen LogP contribution in [-0.2, 0) is 0 Å². The third kappa shape index (κ3) is 4.27. The molecular weight excluding hydrogens is 282 g/mol. The molecule has 4 heteroatoms. The molecule has 1 aromatic rings. The van der Waals surface area contributed by atoms with Gasteiger partial charge < -0.3 is 15.1 Å².